The quantitative estimate of drug-likeness (QED) is 0.104. The normalized spacial score (nSPS) is 14.9. The Kier molecular flexibility index (Phi) is 13.1. The fraction of sp³-hybridized carbons (Fsp3) is 0.318. The Labute approximate surface area is 287 Å². The monoisotopic (exact) mass is 642 g/mol. The van der Waals surface area contributed by atoms with Crippen molar-refractivity contribution in [2.75, 3.05) is 6.26 Å². The van der Waals surface area contributed by atoms with E-state index in [-0.39, 0.29) is 0 Å². The molecule has 0 amide bonds. The van der Waals surface area contributed by atoms with Gasteiger partial charge in [0.25, 0.3) is 0 Å². The first-order valence-corrected chi connectivity index (χ1v) is 19.0. The Morgan fingerprint density at radius 3 is 2.37 bits per heavy atom. The molecule has 2 aliphatic rings. The zero-order chi connectivity index (χ0) is 32.1. The topological polar surface area (TPSA) is 0 Å². The molecule has 0 N–H and O–H groups in total. The summed E-state index contributed by atoms with van der Waals surface area (Å²) in [4.78, 5) is 2.21. The highest BCUT2D eigenvalue weighted by Gasteiger charge is 2.18. The Balaban J connectivity index is 1.43. The molecular weight excluding hydrogens is 593 g/mol. The van der Waals surface area contributed by atoms with Crippen LogP contribution in [0.15, 0.2) is 89.9 Å². The highest BCUT2D eigenvalue weighted by atomic mass is 32.2. The van der Waals surface area contributed by atoms with Crippen LogP contribution in [0.5, 0.6) is 0 Å². The summed E-state index contributed by atoms with van der Waals surface area (Å²) >= 11 is 6.76. The SMILES string of the molecule is CCCCCc1c2c(c(CCCCC)c3ccc(/C(S)=C/C=C/C(=C/C=C/c4ccc5c(c4)=CCCC=5)SC)cc13)CC=CC=C2. The van der Waals surface area contributed by atoms with Crippen molar-refractivity contribution in [1.29, 1.82) is 0 Å². The van der Waals surface area contributed by atoms with Crippen molar-refractivity contribution in [2.45, 2.75) is 84.5 Å². The first kappa shape index (κ1) is 34.1. The molecule has 0 aromatic heterocycles. The van der Waals surface area contributed by atoms with Gasteiger partial charge >= 0.3 is 0 Å². The number of thioether (sulfide) groups is 1. The Hall–Kier alpha value is -3.20. The molecular formula is C44H50S2. The van der Waals surface area contributed by atoms with E-state index in [9.17, 15) is 0 Å². The maximum absolute atomic E-state index is 5.01. The lowest BCUT2D eigenvalue weighted by molar-refractivity contribution is 0.712. The first-order chi connectivity index (χ1) is 22.6. The summed E-state index contributed by atoms with van der Waals surface area (Å²) in [5.74, 6) is 0. The van der Waals surface area contributed by atoms with E-state index in [1.165, 1.54) is 86.9 Å². The van der Waals surface area contributed by atoms with Gasteiger partial charge in [0.2, 0.25) is 0 Å². The summed E-state index contributed by atoms with van der Waals surface area (Å²) in [5.41, 5.74) is 8.52. The van der Waals surface area contributed by atoms with Gasteiger partial charge in [-0.25, -0.2) is 0 Å². The molecule has 0 unspecified atom stereocenters. The third kappa shape index (κ3) is 8.78. The van der Waals surface area contributed by atoms with Crippen LogP contribution in [0.2, 0.25) is 0 Å². The summed E-state index contributed by atoms with van der Waals surface area (Å²) in [6.45, 7) is 4.59. The van der Waals surface area contributed by atoms with Crippen LogP contribution < -0.4 is 10.4 Å². The Morgan fingerprint density at radius 1 is 0.804 bits per heavy atom. The van der Waals surface area contributed by atoms with E-state index in [0.717, 1.165) is 37.0 Å². The van der Waals surface area contributed by atoms with Crippen molar-refractivity contribution >= 4 is 64.4 Å². The van der Waals surface area contributed by atoms with Gasteiger partial charge in [-0.3, -0.25) is 0 Å². The summed E-state index contributed by atoms with van der Waals surface area (Å²) in [7, 11) is 0. The summed E-state index contributed by atoms with van der Waals surface area (Å²) in [6, 6.07) is 13.8. The number of unbranched alkanes of at least 4 members (excludes halogenated alkanes) is 4. The molecule has 0 heterocycles. The molecule has 0 atom stereocenters. The lowest BCUT2D eigenvalue weighted by Gasteiger charge is -2.21. The molecule has 3 aromatic rings. The summed E-state index contributed by atoms with van der Waals surface area (Å²) < 4.78 is 0. The van der Waals surface area contributed by atoms with Gasteiger partial charge in [-0.15, -0.1) is 24.4 Å². The maximum atomic E-state index is 5.01. The van der Waals surface area contributed by atoms with Gasteiger partial charge in [-0.05, 0) is 136 Å². The molecule has 0 saturated heterocycles. The standard InChI is InChI=1S/C44H50S2/c1-4-6-9-22-40-38-24-11-8-12-25-39(38)41(23-10-7-5-2)43-32-36(29-30-42(40)43)44(45)26-16-21-37(46-3)20-15-17-33-27-28-34-18-13-14-19-35(34)31-33/h8,11-12,15-21,25-32,45H,4-7,9-10,13-14,22-24H2,1-3H3/b17-15+,21-16+,37-20-,44-26-. The van der Waals surface area contributed by atoms with Crippen molar-refractivity contribution in [1.82, 2.24) is 0 Å². The van der Waals surface area contributed by atoms with E-state index in [1.54, 1.807) is 22.9 Å². The molecule has 0 bridgehead atoms. The minimum absolute atomic E-state index is 0.996. The zero-order valence-corrected chi connectivity index (χ0v) is 29.7. The minimum Gasteiger partial charge on any atom is -0.143 e. The van der Waals surface area contributed by atoms with E-state index in [2.05, 4.69) is 129 Å². The van der Waals surface area contributed by atoms with Crippen LogP contribution in [-0.2, 0) is 19.3 Å². The number of allylic oxidation sites excluding steroid dienone is 8. The van der Waals surface area contributed by atoms with Crippen molar-refractivity contribution in [2.24, 2.45) is 0 Å². The third-order valence-electron chi connectivity index (χ3n) is 9.18. The van der Waals surface area contributed by atoms with Crippen LogP contribution in [0.4, 0.5) is 0 Å². The van der Waals surface area contributed by atoms with Crippen LogP contribution in [-0.4, -0.2) is 6.26 Å². The number of hydrogen-bond donors (Lipinski definition) is 1. The molecule has 46 heavy (non-hydrogen) atoms. The lowest BCUT2D eigenvalue weighted by Crippen LogP contribution is -2.26. The average Bonchev–Trinajstić information content (AvgIpc) is 3.34. The summed E-state index contributed by atoms with van der Waals surface area (Å²) in [6.07, 6.45) is 42.1. The molecule has 2 heteroatoms. The first-order valence-electron chi connectivity index (χ1n) is 17.4. The molecule has 0 saturated carbocycles. The maximum Gasteiger partial charge on any atom is 0.0113 e. The molecule has 0 nitrogen and oxygen atoms in total. The Bertz CT molecular complexity index is 1820. The fourth-order valence-electron chi connectivity index (χ4n) is 6.69. The number of aryl methyl sites for hydroxylation is 2. The second kappa shape index (κ2) is 17.6. The van der Waals surface area contributed by atoms with Gasteiger partial charge < -0.3 is 0 Å². The predicted molar refractivity (Wildman–Crippen MR) is 213 cm³/mol. The largest absolute Gasteiger partial charge is 0.143 e. The van der Waals surface area contributed by atoms with Crippen molar-refractivity contribution in [3.8, 4) is 0 Å². The smallest absolute Gasteiger partial charge is 0.0113 e. The third-order valence-corrected chi connectivity index (χ3v) is 10.3. The zero-order valence-electron chi connectivity index (χ0n) is 28.0. The minimum atomic E-state index is 0.996. The van der Waals surface area contributed by atoms with Crippen LogP contribution in [0, 0.1) is 0 Å². The highest BCUT2D eigenvalue weighted by Crippen LogP contribution is 2.37. The molecule has 0 aliphatic heterocycles. The van der Waals surface area contributed by atoms with Crippen LogP contribution in [0.25, 0.3) is 40.0 Å². The van der Waals surface area contributed by atoms with E-state index >= 15 is 0 Å². The van der Waals surface area contributed by atoms with Crippen LogP contribution >= 0.6 is 24.4 Å². The van der Waals surface area contributed by atoms with Gasteiger partial charge in [0.15, 0.2) is 0 Å². The fourth-order valence-corrected chi connectivity index (χ4v) is 7.35. The van der Waals surface area contributed by atoms with E-state index in [4.69, 9.17) is 12.6 Å². The van der Waals surface area contributed by atoms with E-state index < -0.39 is 0 Å². The number of benzene rings is 3. The molecule has 2 aliphatic carbocycles. The van der Waals surface area contributed by atoms with Gasteiger partial charge in [-0.2, -0.15) is 0 Å². The van der Waals surface area contributed by atoms with Gasteiger partial charge in [0.05, 0.1) is 0 Å². The molecule has 0 fully saturated rings. The molecule has 3 aromatic carbocycles. The van der Waals surface area contributed by atoms with Crippen LogP contribution in [0.3, 0.4) is 0 Å². The molecule has 0 radical (unpaired) electrons. The highest BCUT2D eigenvalue weighted by molar-refractivity contribution is 8.02. The van der Waals surface area contributed by atoms with Crippen LogP contribution in [0.1, 0.15) is 98.6 Å². The molecule has 238 valence electrons. The van der Waals surface area contributed by atoms with E-state index in [0.29, 0.717) is 0 Å². The van der Waals surface area contributed by atoms with Crippen molar-refractivity contribution < 1.29 is 0 Å². The average molecular weight is 643 g/mol. The number of thiol groups is 1. The van der Waals surface area contributed by atoms with E-state index in [1.807, 2.05) is 0 Å². The van der Waals surface area contributed by atoms with Gasteiger partial charge in [0, 0.05) is 9.81 Å². The lowest BCUT2D eigenvalue weighted by atomic mass is 9.83. The van der Waals surface area contributed by atoms with Gasteiger partial charge in [-0.1, -0.05) is 118 Å². The number of hydrogen-bond acceptors (Lipinski definition) is 2. The van der Waals surface area contributed by atoms with Crippen molar-refractivity contribution in [3.05, 3.63) is 134 Å². The molecule has 5 rings (SSSR count). The second-order valence-electron chi connectivity index (χ2n) is 12.4. The predicted octanol–water partition coefficient (Wildman–Crippen LogP) is 11.6. The van der Waals surface area contributed by atoms with Gasteiger partial charge in [0.1, 0.15) is 0 Å². The Morgan fingerprint density at radius 2 is 1.59 bits per heavy atom. The van der Waals surface area contributed by atoms with Crippen molar-refractivity contribution in [3.63, 3.8) is 0 Å². The number of fused-ring (bicyclic) bond motifs is 3. The molecule has 0 spiro atoms. The second-order valence-corrected chi connectivity index (χ2v) is 13.8. The number of rotatable bonds is 14. The summed E-state index contributed by atoms with van der Waals surface area (Å²) in [5, 5.41) is 5.57.